The molecule has 0 spiro atoms. The number of phenols is 1. The number of fused-ring (bicyclic) bond motifs is 1. The van der Waals surface area contributed by atoms with E-state index in [1.807, 2.05) is 6.07 Å². The van der Waals surface area contributed by atoms with Crippen molar-refractivity contribution in [1.82, 2.24) is 24.9 Å². The van der Waals surface area contributed by atoms with Gasteiger partial charge in [0.1, 0.15) is 11.4 Å². The minimum atomic E-state index is -5.08. The summed E-state index contributed by atoms with van der Waals surface area (Å²) in [4.78, 5) is 12.9. The Hall–Kier alpha value is -4.20. The maximum Gasteiger partial charge on any atom is 0.490 e. The van der Waals surface area contributed by atoms with Crippen molar-refractivity contribution in [3.05, 3.63) is 65.7 Å². The molecule has 0 unspecified atom stereocenters. The van der Waals surface area contributed by atoms with E-state index in [2.05, 4.69) is 20.5 Å². The van der Waals surface area contributed by atoms with E-state index in [1.165, 1.54) is 16.7 Å². The fraction of sp³-hybridized carbons (Fsp3) is 0.250. The minimum Gasteiger partial charge on any atom is -0.507 e. The van der Waals surface area contributed by atoms with Gasteiger partial charge in [-0.15, -0.1) is 0 Å². The molecule has 8 nitrogen and oxygen atoms in total. The Morgan fingerprint density at radius 2 is 1.68 bits per heavy atom. The van der Waals surface area contributed by atoms with E-state index in [0.29, 0.717) is 34.0 Å². The number of hydrogen-bond donors (Lipinski definition) is 3. The molecule has 0 aliphatic carbocycles. The lowest BCUT2D eigenvalue weighted by Crippen LogP contribution is -2.40. The van der Waals surface area contributed by atoms with Gasteiger partial charge in [-0.3, -0.25) is 0 Å². The lowest BCUT2D eigenvalue weighted by Gasteiger charge is -2.25. The molecule has 4 aromatic rings. The number of phenolic OH excluding ortho intramolecular Hbond substituents is 1. The van der Waals surface area contributed by atoms with Gasteiger partial charge in [-0.25, -0.2) is 9.78 Å². The van der Waals surface area contributed by atoms with E-state index in [4.69, 9.17) is 9.90 Å². The normalized spacial score (nSPS) is 14.1. The Bertz CT molecular complexity index is 1480. The molecule has 1 aliphatic rings. The highest BCUT2D eigenvalue weighted by Crippen LogP contribution is 2.37. The van der Waals surface area contributed by atoms with Crippen LogP contribution in [0.2, 0.25) is 0 Å². The number of aryl methyl sites for hydroxylation is 1. The Labute approximate surface area is 210 Å². The third kappa shape index (κ3) is 5.69. The summed E-state index contributed by atoms with van der Waals surface area (Å²) in [6.45, 7) is 3.38. The summed E-state index contributed by atoms with van der Waals surface area (Å²) in [7, 11) is 0. The Kier molecular flexibility index (Phi) is 7.02. The average Bonchev–Trinajstić information content (AvgIpc) is 3.17. The van der Waals surface area contributed by atoms with Crippen LogP contribution in [0.5, 0.6) is 5.75 Å². The van der Waals surface area contributed by atoms with Crippen molar-refractivity contribution in [1.29, 1.82) is 0 Å². The van der Waals surface area contributed by atoms with Gasteiger partial charge in [-0.2, -0.15) is 36.5 Å². The number of alkyl halides is 6. The molecule has 0 saturated carbocycles. The molecule has 3 N–H and O–H groups in total. The quantitative estimate of drug-likeness (QED) is 0.320. The van der Waals surface area contributed by atoms with Gasteiger partial charge in [0, 0.05) is 37.0 Å². The van der Waals surface area contributed by atoms with Crippen molar-refractivity contribution in [2.75, 3.05) is 13.1 Å². The molecule has 1 aromatic carbocycles. The second-order valence-electron chi connectivity index (χ2n) is 8.49. The van der Waals surface area contributed by atoms with Crippen LogP contribution < -0.4 is 5.32 Å². The monoisotopic (exact) mass is 539 g/mol. The molecule has 1 aliphatic heterocycles. The summed E-state index contributed by atoms with van der Waals surface area (Å²) >= 11 is 0. The summed E-state index contributed by atoms with van der Waals surface area (Å²) in [6.07, 6.45) is -6.53. The summed E-state index contributed by atoms with van der Waals surface area (Å²) in [5.41, 5.74) is 2.13. The highest BCUT2D eigenvalue weighted by atomic mass is 19.4. The molecule has 1 fully saturated rings. The van der Waals surface area contributed by atoms with Crippen molar-refractivity contribution in [2.24, 2.45) is 0 Å². The number of carboxylic acids is 1. The van der Waals surface area contributed by atoms with Crippen LogP contribution in [0.15, 0.2) is 48.8 Å². The third-order valence-electron chi connectivity index (χ3n) is 5.71. The molecule has 0 bridgehead atoms. The number of carboxylic acid groups (broad SMARTS) is 1. The van der Waals surface area contributed by atoms with E-state index in [0.717, 1.165) is 24.8 Å². The lowest BCUT2D eigenvalue weighted by molar-refractivity contribution is -0.192. The van der Waals surface area contributed by atoms with Gasteiger partial charge in [0.05, 0.1) is 22.6 Å². The van der Waals surface area contributed by atoms with E-state index in [9.17, 15) is 31.4 Å². The molecule has 38 heavy (non-hydrogen) atoms. The number of aromatic nitrogens is 4. The zero-order chi connectivity index (χ0) is 27.8. The molecule has 4 heterocycles. The number of nitrogens with one attached hydrogen (secondary N) is 1. The predicted molar refractivity (Wildman–Crippen MR) is 122 cm³/mol. The molecule has 1 saturated heterocycles. The molecule has 5 rings (SSSR count). The molecule has 0 atom stereocenters. The predicted octanol–water partition coefficient (Wildman–Crippen LogP) is 4.81. The van der Waals surface area contributed by atoms with Gasteiger partial charge < -0.3 is 19.9 Å². The zero-order valence-corrected chi connectivity index (χ0v) is 19.5. The maximum atomic E-state index is 13.6. The molecule has 14 heteroatoms. The van der Waals surface area contributed by atoms with Crippen LogP contribution >= 0.6 is 0 Å². The Balaban J connectivity index is 0.000000426. The first kappa shape index (κ1) is 26.9. The number of carbonyl (C=O) groups is 1. The van der Waals surface area contributed by atoms with Crippen LogP contribution in [-0.2, 0) is 11.0 Å². The van der Waals surface area contributed by atoms with Gasteiger partial charge in [-0.05, 0) is 48.4 Å². The number of pyridine rings is 1. The van der Waals surface area contributed by atoms with Crippen molar-refractivity contribution < 1.29 is 41.4 Å². The van der Waals surface area contributed by atoms with Gasteiger partial charge in [-0.1, -0.05) is 6.07 Å². The summed E-state index contributed by atoms with van der Waals surface area (Å²) in [5, 5.41) is 29.3. The number of aromatic hydroxyl groups is 1. The van der Waals surface area contributed by atoms with Gasteiger partial charge >= 0.3 is 18.3 Å². The van der Waals surface area contributed by atoms with Gasteiger partial charge in [0.15, 0.2) is 0 Å². The van der Waals surface area contributed by atoms with Crippen LogP contribution in [0.1, 0.15) is 22.9 Å². The Morgan fingerprint density at radius 3 is 2.18 bits per heavy atom. The number of halogens is 6. The summed E-state index contributed by atoms with van der Waals surface area (Å²) in [5.74, 6) is -2.49. The third-order valence-corrected chi connectivity index (χ3v) is 5.71. The van der Waals surface area contributed by atoms with Crippen molar-refractivity contribution in [3.8, 4) is 28.1 Å². The lowest BCUT2D eigenvalue weighted by atomic mass is 9.98. The van der Waals surface area contributed by atoms with E-state index in [-0.39, 0.29) is 11.4 Å². The van der Waals surface area contributed by atoms with E-state index < -0.39 is 23.9 Å². The Morgan fingerprint density at radius 1 is 1.00 bits per heavy atom. The van der Waals surface area contributed by atoms with E-state index in [1.54, 1.807) is 31.3 Å². The van der Waals surface area contributed by atoms with Gasteiger partial charge in [0.2, 0.25) is 0 Å². The van der Waals surface area contributed by atoms with Crippen LogP contribution in [0, 0.1) is 6.92 Å². The topological polar surface area (TPSA) is 113 Å². The molecule has 200 valence electrons. The molecule has 0 amide bonds. The highest BCUT2D eigenvalue weighted by molar-refractivity contribution is 5.75. The molecule has 0 radical (unpaired) electrons. The molecular formula is C24H19F6N5O3. The molecular weight excluding hydrogens is 520 g/mol. The summed E-state index contributed by atoms with van der Waals surface area (Å²) in [6, 6.07) is 9.45. The fourth-order valence-electron chi connectivity index (χ4n) is 3.72. The van der Waals surface area contributed by atoms with Crippen LogP contribution in [-0.4, -0.2) is 55.0 Å². The van der Waals surface area contributed by atoms with Crippen LogP contribution in [0.25, 0.3) is 28.0 Å². The summed E-state index contributed by atoms with van der Waals surface area (Å²) < 4.78 is 73.8. The number of nitrogens with zero attached hydrogens (tertiary/aromatic N) is 4. The van der Waals surface area contributed by atoms with Crippen LogP contribution in [0.3, 0.4) is 0 Å². The second-order valence-corrected chi connectivity index (χ2v) is 8.49. The maximum absolute atomic E-state index is 13.6. The van der Waals surface area contributed by atoms with Crippen molar-refractivity contribution in [3.63, 3.8) is 0 Å². The number of rotatable bonds is 3. The molecule has 3 aromatic heterocycles. The first-order valence-electron chi connectivity index (χ1n) is 11.0. The second kappa shape index (κ2) is 9.93. The smallest absolute Gasteiger partial charge is 0.490 e. The minimum absolute atomic E-state index is 0.0830. The zero-order valence-electron chi connectivity index (χ0n) is 19.5. The first-order valence-corrected chi connectivity index (χ1v) is 11.0. The number of aliphatic carboxylic acids is 1. The van der Waals surface area contributed by atoms with Gasteiger partial charge in [0.25, 0.3) is 0 Å². The SMILES string of the molecule is Cc1cn2cc(-c3ccc(-c4ccc(C5CNC5)nn4)c(O)c3)cc(C(F)(F)F)c2n1.O=C(O)C(F)(F)F. The van der Waals surface area contributed by atoms with Crippen molar-refractivity contribution >= 4 is 11.6 Å². The average molecular weight is 539 g/mol. The number of hydrogen-bond acceptors (Lipinski definition) is 6. The largest absolute Gasteiger partial charge is 0.507 e. The van der Waals surface area contributed by atoms with Crippen molar-refractivity contribution in [2.45, 2.75) is 25.2 Å². The van der Waals surface area contributed by atoms with E-state index >= 15 is 0 Å². The fourth-order valence-corrected chi connectivity index (χ4v) is 3.72. The first-order chi connectivity index (χ1) is 17.7. The standard InChI is InChI=1S/C22H18F3N5O.C2HF3O2/c1-12-10-30-11-14(6-17(21(30)27-12)22(23,24)25)13-2-3-16(20(31)7-13)19-5-4-18(28-29-19)15-8-26-9-15;3-2(4,5)1(6)7/h2-7,10-11,15,26,31H,8-9H2,1H3;(H,6,7). The number of benzene rings is 1. The van der Waals surface area contributed by atoms with Crippen LogP contribution in [0.4, 0.5) is 26.3 Å². The number of imidazole rings is 1. The highest BCUT2D eigenvalue weighted by Gasteiger charge is 2.38.